The second-order valence-corrected chi connectivity index (χ2v) is 10.6. The van der Waals surface area contributed by atoms with Crippen LogP contribution in [-0.2, 0) is 11.2 Å². The van der Waals surface area contributed by atoms with Gasteiger partial charge in [0.15, 0.2) is 5.82 Å². The van der Waals surface area contributed by atoms with Crippen molar-refractivity contribution in [3.63, 3.8) is 0 Å². The molecule has 4 atom stereocenters. The SMILES string of the molecule is O=C(N[C@@H](Cc1c[nH]cn1)C(=O)N[C@@H](CC1CCCCC1)[C@@H](O)[C@@H](O)C1CC1)c1nc2ccccc2[nH]1. The van der Waals surface area contributed by atoms with Crippen molar-refractivity contribution in [3.8, 4) is 0 Å². The fourth-order valence-electron chi connectivity index (χ4n) is 5.41. The van der Waals surface area contributed by atoms with E-state index in [4.69, 9.17) is 0 Å². The molecule has 10 nitrogen and oxygen atoms in total. The molecule has 37 heavy (non-hydrogen) atoms. The predicted molar refractivity (Wildman–Crippen MR) is 137 cm³/mol. The number of imidazole rings is 2. The van der Waals surface area contributed by atoms with Crippen molar-refractivity contribution >= 4 is 22.8 Å². The third-order valence-electron chi connectivity index (χ3n) is 7.70. The number of carbonyl (C=O) groups is 2. The van der Waals surface area contributed by atoms with Gasteiger partial charge in [0.1, 0.15) is 12.1 Å². The Morgan fingerprint density at radius 3 is 2.54 bits per heavy atom. The molecule has 2 amide bonds. The molecular formula is C27H36N6O4. The van der Waals surface area contributed by atoms with Gasteiger partial charge in [-0.25, -0.2) is 9.97 Å². The molecule has 2 heterocycles. The van der Waals surface area contributed by atoms with Gasteiger partial charge in [-0.2, -0.15) is 0 Å². The monoisotopic (exact) mass is 508 g/mol. The Bertz CT molecular complexity index is 1150. The standard InChI is InChI=1S/C27H36N6O4/c34-23(17-10-11-17)24(35)21(12-16-6-2-1-3-7-16)32-26(36)22(13-18-14-28-15-29-18)33-27(37)25-30-19-8-4-5-9-20(19)31-25/h4-5,8-9,14-17,21-24,34-35H,1-3,6-7,10-13H2,(H,28,29)(H,30,31)(H,32,36)(H,33,37)/t21-,22-,23-,24+/m0/s1. The van der Waals surface area contributed by atoms with E-state index in [0.29, 0.717) is 23.5 Å². The van der Waals surface area contributed by atoms with Crippen LogP contribution in [0.15, 0.2) is 36.8 Å². The quantitative estimate of drug-likeness (QED) is 0.233. The summed E-state index contributed by atoms with van der Waals surface area (Å²) in [5.41, 5.74) is 2.00. The maximum Gasteiger partial charge on any atom is 0.287 e. The number of carbonyl (C=O) groups excluding carboxylic acids is 2. The Kier molecular flexibility index (Phi) is 7.85. The van der Waals surface area contributed by atoms with Crippen LogP contribution in [0.5, 0.6) is 0 Å². The number of amides is 2. The number of hydrogen-bond acceptors (Lipinski definition) is 6. The van der Waals surface area contributed by atoms with E-state index in [2.05, 4.69) is 30.6 Å². The zero-order valence-corrected chi connectivity index (χ0v) is 20.9. The van der Waals surface area contributed by atoms with Crippen LogP contribution in [0.1, 0.15) is 67.7 Å². The van der Waals surface area contributed by atoms with Crippen molar-refractivity contribution in [3.05, 3.63) is 48.3 Å². The topological polar surface area (TPSA) is 156 Å². The molecule has 1 aromatic carbocycles. The number of aromatic amines is 2. The molecule has 5 rings (SSSR count). The number of benzene rings is 1. The summed E-state index contributed by atoms with van der Waals surface area (Å²) in [5.74, 6) is -0.350. The molecule has 198 valence electrons. The lowest BCUT2D eigenvalue weighted by Crippen LogP contribution is -2.56. The highest BCUT2D eigenvalue weighted by atomic mass is 16.3. The van der Waals surface area contributed by atoms with E-state index >= 15 is 0 Å². The Labute approximate surface area is 215 Å². The Balaban J connectivity index is 1.32. The van der Waals surface area contributed by atoms with Gasteiger partial charge in [0.05, 0.1) is 35.2 Å². The molecule has 0 spiro atoms. The van der Waals surface area contributed by atoms with Gasteiger partial charge in [0, 0.05) is 12.6 Å². The van der Waals surface area contributed by atoms with Crippen molar-refractivity contribution < 1.29 is 19.8 Å². The third-order valence-corrected chi connectivity index (χ3v) is 7.70. The molecule has 3 aromatic rings. The van der Waals surface area contributed by atoms with Gasteiger partial charge in [-0.15, -0.1) is 0 Å². The first kappa shape index (κ1) is 25.4. The van der Waals surface area contributed by atoms with Crippen molar-refractivity contribution in [1.82, 2.24) is 30.6 Å². The number of nitrogens with zero attached hydrogens (tertiary/aromatic N) is 2. The fourth-order valence-corrected chi connectivity index (χ4v) is 5.41. The van der Waals surface area contributed by atoms with E-state index in [9.17, 15) is 19.8 Å². The first-order chi connectivity index (χ1) is 18.0. The molecule has 2 aromatic heterocycles. The van der Waals surface area contributed by atoms with Crippen LogP contribution in [-0.4, -0.2) is 66.3 Å². The molecule has 0 unspecified atom stereocenters. The van der Waals surface area contributed by atoms with E-state index in [1.807, 2.05) is 18.2 Å². The number of hydrogen-bond donors (Lipinski definition) is 6. The zero-order valence-electron chi connectivity index (χ0n) is 20.9. The van der Waals surface area contributed by atoms with E-state index in [0.717, 1.165) is 44.0 Å². The van der Waals surface area contributed by atoms with Gasteiger partial charge in [0.2, 0.25) is 5.91 Å². The minimum atomic E-state index is -1.06. The molecule has 0 radical (unpaired) electrons. The van der Waals surface area contributed by atoms with E-state index < -0.39 is 36.1 Å². The van der Waals surface area contributed by atoms with Crippen LogP contribution in [0.2, 0.25) is 0 Å². The Morgan fingerprint density at radius 2 is 1.84 bits per heavy atom. The lowest BCUT2D eigenvalue weighted by molar-refractivity contribution is -0.125. The number of aliphatic hydroxyl groups is 2. The van der Waals surface area contributed by atoms with Crippen molar-refractivity contribution in [2.75, 3.05) is 0 Å². The Morgan fingerprint density at radius 1 is 1.05 bits per heavy atom. The molecule has 2 aliphatic rings. The maximum atomic E-state index is 13.6. The van der Waals surface area contributed by atoms with E-state index in [-0.39, 0.29) is 18.2 Å². The van der Waals surface area contributed by atoms with Crippen LogP contribution in [0.4, 0.5) is 0 Å². The zero-order chi connectivity index (χ0) is 25.8. The lowest BCUT2D eigenvalue weighted by atomic mass is 9.82. The predicted octanol–water partition coefficient (Wildman–Crippen LogP) is 2.21. The molecule has 0 aliphatic heterocycles. The number of H-pyrrole nitrogens is 2. The first-order valence-corrected chi connectivity index (χ1v) is 13.4. The highest BCUT2D eigenvalue weighted by Gasteiger charge is 2.40. The van der Waals surface area contributed by atoms with Gasteiger partial charge in [-0.05, 0) is 43.2 Å². The number of nitrogens with one attached hydrogen (secondary N) is 4. The normalized spacial score (nSPS) is 19.7. The number of aliphatic hydroxyl groups excluding tert-OH is 2. The molecule has 10 heteroatoms. The smallest absolute Gasteiger partial charge is 0.287 e. The molecule has 6 N–H and O–H groups in total. The van der Waals surface area contributed by atoms with Gasteiger partial charge in [-0.1, -0.05) is 44.2 Å². The summed E-state index contributed by atoms with van der Waals surface area (Å²) in [6.07, 6.45) is 9.41. The number of aromatic nitrogens is 4. The average molecular weight is 509 g/mol. The van der Waals surface area contributed by atoms with Gasteiger partial charge in [-0.3, -0.25) is 9.59 Å². The highest BCUT2D eigenvalue weighted by Crippen LogP contribution is 2.36. The highest BCUT2D eigenvalue weighted by molar-refractivity contribution is 5.97. The second kappa shape index (κ2) is 11.4. The van der Waals surface area contributed by atoms with E-state index in [1.54, 1.807) is 12.3 Å². The minimum absolute atomic E-state index is 0.0772. The summed E-state index contributed by atoms with van der Waals surface area (Å²) in [5, 5.41) is 27.5. The summed E-state index contributed by atoms with van der Waals surface area (Å²) in [7, 11) is 0. The molecular weight excluding hydrogens is 472 g/mol. The van der Waals surface area contributed by atoms with Crippen LogP contribution in [0.3, 0.4) is 0 Å². The molecule has 2 aliphatic carbocycles. The van der Waals surface area contributed by atoms with Crippen LogP contribution in [0, 0.1) is 11.8 Å². The fraction of sp³-hybridized carbons (Fsp3) is 0.556. The second-order valence-electron chi connectivity index (χ2n) is 10.6. The van der Waals surface area contributed by atoms with Gasteiger partial charge in [0.25, 0.3) is 5.91 Å². The van der Waals surface area contributed by atoms with E-state index in [1.165, 1.54) is 12.7 Å². The van der Waals surface area contributed by atoms with Crippen molar-refractivity contribution in [2.24, 2.45) is 11.8 Å². The summed E-state index contributed by atoms with van der Waals surface area (Å²) in [6, 6.07) is 5.78. The minimum Gasteiger partial charge on any atom is -0.390 e. The number of para-hydroxylation sites is 2. The largest absolute Gasteiger partial charge is 0.390 e. The average Bonchev–Trinajstić information content (AvgIpc) is 3.45. The molecule has 0 bridgehead atoms. The van der Waals surface area contributed by atoms with Crippen molar-refractivity contribution in [1.29, 1.82) is 0 Å². The molecule has 2 fully saturated rings. The van der Waals surface area contributed by atoms with Gasteiger partial charge >= 0.3 is 0 Å². The van der Waals surface area contributed by atoms with Crippen LogP contribution in [0.25, 0.3) is 11.0 Å². The van der Waals surface area contributed by atoms with Crippen LogP contribution < -0.4 is 10.6 Å². The third kappa shape index (κ3) is 6.37. The first-order valence-electron chi connectivity index (χ1n) is 13.4. The number of fused-ring (bicyclic) bond motifs is 1. The summed E-state index contributed by atoms with van der Waals surface area (Å²) in [4.78, 5) is 41.1. The Hall–Kier alpha value is -3.24. The number of rotatable bonds is 11. The molecule has 2 saturated carbocycles. The summed E-state index contributed by atoms with van der Waals surface area (Å²) in [6.45, 7) is 0. The van der Waals surface area contributed by atoms with Crippen LogP contribution >= 0.6 is 0 Å². The summed E-state index contributed by atoms with van der Waals surface area (Å²) >= 11 is 0. The molecule has 0 saturated heterocycles. The maximum absolute atomic E-state index is 13.6. The lowest BCUT2D eigenvalue weighted by Gasteiger charge is -2.33. The van der Waals surface area contributed by atoms with Gasteiger partial charge < -0.3 is 30.8 Å². The van der Waals surface area contributed by atoms with Crippen molar-refractivity contribution in [2.45, 2.75) is 82.1 Å². The summed E-state index contributed by atoms with van der Waals surface area (Å²) < 4.78 is 0.